The zero-order valence-electron chi connectivity index (χ0n) is 53.3. The van der Waals surface area contributed by atoms with Crippen LogP contribution in [0.2, 0.25) is 0 Å². The SMILES string of the molecule is CC/C=C\C/C=C\C/C=C\C/C=C\CCCCCCCCC(=O)OC(COC(=O)CCCCCCCCCCCCCC)COC(=O)CCCCCCCCCCCCCCCCCCCCC/C=C\C/C=C\CCCCCCC. The van der Waals surface area contributed by atoms with Crippen LogP contribution in [0, 0.1) is 0 Å². The standard InChI is InChI=1S/C74H132O6/c1-4-7-10-13-16-19-22-25-27-29-31-32-33-34-35-36-37-38-39-40-41-42-44-45-47-49-52-55-58-61-64-67-73(76)79-70-71(69-78-72(75)66-63-60-57-54-51-24-21-18-15-12-9-6-3)80-74(77)68-65-62-59-56-53-50-48-46-43-30-28-26-23-20-17-14-11-8-5-2/h8,11,17,20,22,25-26,28-29,31,43,46,71H,4-7,9-10,12-16,18-19,21,23-24,27,30,32-42,44-45,47-70H2,1-3H3/b11-8-,20-17-,25-22-,28-26-,31-29-,46-43-. The number of hydrogen-bond donors (Lipinski definition) is 0. The summed E-state index contributed by atoms with van der Waals surface area (Å²) in [5, 5.41) is 0. The van der Waals surface area contributed by atoms with Gasteiger partial charge in [0.1, 0.15) is 13.2 Å². The number of rotatable bonds is 64. The summed E-state index contributed by atoms with van der Waals surface area (Å²) in [6.45, 7) is 6.55. The van der Waals surface area contributed by atoms with E-state index >= 15 is 0 Å². The van der Waals surface area contributed by atoms with Crippen LogP contribution in [0.1, 0.15) is 361 Å². The lowest BCUT2D eigenvalue weighted by Gasteiger charge is -2.18. The van der Waals surface area contributed by atoms with Gasteiger partial charge in [-0.05, 0) is 89.9 Å². The molecule has 0 fully saturated rings. The highest BCUT2D eigenvalue weighted by Gasteiger charge is 2.19. The monoisotopic (exact) mass is 1120 g/mol. The summed E-state index contributed by atoms with van der Waals surface area (Å²) >= 11 is 0. The maximum atomic E-state index is 12.9. The van der Waals surface area contributed by atoms with E-state index in [-0.39, 0.29) is 31.1 Å². The van der Waals surface area contributed by atoms with Gasteiger partial charge in [-0.25, -0.2) is 0 Å². The van der Waals surface area contributed by atoms with E-state index in [9.17, 15) is 14.4 Å². The summed E-state index contributed by atoms with van der Waals surface area (Å²) in [6, 6.07) is 0. The third-order valence-corrected chi connectivity index (χ3v) is 15.4. The van der Waals surface area contributed by atoms with Crippen LogP contribution in [0.15, 0.2) is 72.9 Å². The van der Waals surface area contributed by atoms with Gasteiger partial charge >= 0.3 is 17.9 Å². The highest BCUT2D eigenvalue weighted by Crippen LogP contribution is 2.18. The van der Waals surface area contributed by atoms with Gasteiger partial charge in [0.2, 0.25) is 0 Å². The van der Waals surface area contributed by atoms with Gasteiger partial charge in [-0.3, -0.25) is 14.4 Å². The van der Waals surface area contributed by atoms with Crippen LogP contribution < -0.4 is 0 Å². The second kappa shape index (κ2) is 68.3. The Labute approximate surface area is 497 Å². The molecule has 0 aliphatic heterocycles. The number of unbranched alkanes of at least 4 members (excludes halogenated alkanes) is 41. The molecule has 0 aromatic carbocycles. The fourth-order valence-corrected chi connectivity index (χ4v) is 10.2. The summed E-state index contributed by atoms with van der Waals surface area (Å²) in [7, 11) is 0. The van der Waals surface area contributed by atoms with Crippen molar-refractivity contribution < 1.29 is 28.6 Å². The molecule has 0 saturated carbocycles. The topological polar surface area (TPSA) is 78.9 Å². The van der Waals surface area contributed by atoms with Crippen LogP contribution in [-0.4, -0.2) is 37.2 Å². The Morgan fingerprint density at radius 2 is 0.487 bits per heavy atom. The average Bonchev–Trinajstić information content (AvgIpc) is 3.46. The molecule has 0 N–H and O–H groups in total. The van der Waals surface area contributed by atoms with Gasteiger partial charge < -0.3 is 14.2 Å². The van der Waals surface area contributed by atoms with Crippen molar-refractivity contribution in [1.82, 2.24) is 0 Å². The molecule has 6 heteroatoms. The van der Waals surface area contributed by atoms with E-state index in [0.29, 0.717) is 19.3 Å². The molecule has 0 saturated heterocycles. The molecule has 0 aromatic heterocycles. The van der Waals surface area contributed by atoms with Gasteiger partial charge in [0.25, 0.3) is 0 Å². The molecule has 0 radical (unpaired) electrons. The van der Waals surface area contributed by atoms with Crippen molar-refractivity contribution in [3.8, 4) is 0 Å². The molecule has 0 aliphatic carbocycles. The lowest BCUT2D eigenvalue weighted by Crippen LogP contribution is -2.30. The number of ether oxygens (including phenoxy) is 3. The molecule has 80 heavy (non-hydrogen) atoms. The first-order valence-corrected chi connectivity index (χ1v) is 34.9. The molecule has 0 aliphatic rings. The molecular weight excluding hydrogens is 985 g/mol. The predicted octanol–water partition coefficient (Wildman–Crippen LogP) is 24.1. The normalized spacial score (nSPS) is 12.5. The molecule has 0 rings (SSSR count). The Morgan fingerprint density at radius 1 is 0.263 bits per heavy atom. The van der Waals surface area contributed by atoms with E-state index in [2.05, 4.69) is 93.7 Å². The summed E-state index contributed by atoms with van der Waals surface area (Å²) < 4.78 is 16.9. The quantitative estimate of drug-likeness (QED) is 0.0261. The summed E-state index contributed by atoms with van der Waals surface area (Å²) in [4.78, 5) is 38.4. The fraction of sp³-hybridized carbons (Fsp3) is 0.797. The van der Waals surface area contributed by atoms with Crippen molar-refractivity contribution in [2.75, 3.05) is 13.2 Å². The number of carbonyl (C=O) groups is 3. The third-order valence-electron chi connectivity index (χ3n) is 15.4. The van der Waals surface area contributed by atoms with E-state index in [4.69, 9.17) is 14.2 Å². The van der Waals surface area contributed by atoms with Crippen molar-refractivity contribution >= 4 is 17.9 Å². The highest BCUT2D eigenvalue weighted by atomic mass is 16.6. The van der Waals surface area contributed by atoms with Crippen LogP contribution in [0.3, 0.4) is 0 Å². The second-order valence-corrected chi connectivity index (χ2v) is 23.4. The summed E-state index contributed by atoms with van der Waals surface area (Å²) in [5.74, 6) is -0.871. The van der Waals surface area contributed by atoms with Gasteiger partial charge in [-0.15, -0.1) is 0 Å². The minimum absolute atomic E-state index is 0.0768. The summed E-state index contributed by atoms with van der Waals surface area (Å²) in [6.07, 6.45) is 89.4. The highest BCUT2D eigenvalue weighted by molar-refractivity contribution is 5.71. The van der Waals surface area contributed by atoms with Gasteiger partial charge in [0.05, 0.1) is 0 Å². The zero-order chi connectivity index (χ0) is 57.8. The zero-order valence-corrected chi connectivity index (χ0v) is 53.3. The minimum atomic E-state index is -0.781. The number of allylic oxidation sites excluding steroid dienone is 12. The Morgan fingerprint density at radius 3 is 0.762 bits per heavy atom. The largest absolute Gasteiger partial charge is 0.462 e. The molecule has 1 atom stereocenters. The lowest BCUT2D eigenvalue weighted by atomic mass is 10.0. The van der Waals surface area contributed by atoms with Gasteiger partial charge in [0, 0.05) is 19.3 Å². The van der Waals surface area contributed by atoms with Crippen molar-refractivity contribution in [2.45, 2.75) is 367 Å². The lowest BCUT2D eigenvalue weighted by molar-refractivity contribution is -0.167. The van der Waals surface area contributed by atoms with Crippen molar-refractivity contribution in [2.24, 2.45) is 0 Å². The van der Waals surface area contributed by atoms with E-state index in [1.807, 2.05) is 0 Å². The third kappa shape index (κ3) is 65.7. The van der Waals surface area contributed by atoms with Gasteiger partial charge in [-0.1, -0.05) is 325 Å². The Kier molecular flexibility index (Phi) is 65.7. The number of esters is 3. The van der Waals surface area contributed by atoms with Crippen molar-refractivity contribution in [3.63, 3.8) is 0 Å². The molecule has 0 amide bonds. The number of hydrogen-bond acceptors (Lipinski definition) is 6. The number of carbonyl (C=O) groups excluding carboxylic acids is 3. The smallest absolute Gasteiger partial charge is 0.306 e. The predicted molar refractivity (Wildman–Crippen MR) is 348 cm³/mol. The Balaban J connectivity index is 4.18. The van der Waals surface area contributed by atoms with Crippen LogP contribution in [-0.2, 0) is 28.6 Å². The molecule has 1 unspecified atom stereocenters. The molecule has 0 bridgehead atoms. The molecular formula is C74H132O6. The van der Waals surface area contributed by atoms with Gasteiger partial charge in [-0.2, -0.15) is 0 Å². The maximum absolute atomic E-state index is 12.9. The van der Waals surface area contributed by atoms with E-state index in [1.54, 1.807) is 0 Å². The maximum Gasteiger partial charge on any atom is 0.306 e. The molecule has 6 nitrogen and oxygen atoms in total. The van der Waals surface area contributed by atoms with Crippen molar-refractivity contribution in [1.29, 1.82) is 0 Å². The van der Waals surface area contributed by atoms with Crippen LogP contribution >= 0.6 is 0 Å². The van der Waals surface area contributed by atoms with E-state index in [0.717, 1.165) is 103 Å². The first-order chi connectivity index (χ1) is 39.5. The van der Waals surface area contributed by atoms with Crippen LogP contribution in [0.25, 0.3) is 0 Å². The van der Waals surface area contributed by atoms with Crippen LogP contribution in [0.4, 0.5) is 0 Å². The van der Waals surface area contributed by atoms with Crippen molar-refractivity contribution in [3.05, 3.63) is 72.9 Å². The van der Waals surface area contributed by atoms with E-state index in [1.165, 1.54) is 218 Å². The van der Waals surface area contributed by atoms with Crippen LogP contribution in [0.5, 0.6) is 0 Å². The summed E-state index contributed by atoms with van der Waals surface area (Å²) in [5.41, 5.74) is 0. The first kappa shape index (κ1) is 76.9. The first-order valence-electron chi connectivity index (χ1n) is 34.9. The van der Waals surface area contributed by atoms with E-state index < -0.39 is 6.10 Å². The molecule has 464 valence electrons. The molecule has 0 spiro atoms. The average molecular weight is 1120 g/mol. The second-order valence-electron chi connectivity index (χ2n) is 23.4. The molecule has 0 heterocycles. The Bertz CT molecular complexity index is 1470. The molecule has 0 aromatic rings. The minimum Gasteiger partial charge on any atom is -0.462 e. The fourth-order valence-electron chi connectivity index (χ4n) is 10.2. The van der Waals surface area contributed by atoms with Gasteiger partial charge in [0.15, 0.2) is 6.10 Å². The Hall–Kier alpha value is -3.15.